The second kappa shape index (κ2) is 9.98. The van der Waals surface area contributed by atoms with Gasteiger partial charge in [-0.3, -0.25) is 9.59 Å². The van der Waals surface area contributed by atoms with Crippen LogP contribution in [0.25, 0.3) is 5.65 Å². The molecule has 1 fully saturated rings. The molecule has 1 atom stereocenters. The predicted molar refractivity (Wildman–Crippen MR) is 128 cm³/mol. The van der Waals surface area contributed by atoms with Gasteiger partial charge < -0.3 is 25.7 Å². The van der Waals surface area contributed by atoms with Gasteiger partial charge in [-0.1, -0.05) is 12.1 Å². The fourth-order valence-corrected chi connectivity index (χ4v) is 4.33. The first-order chi connectivity index (χ1) is 17.4. The molecule has 3 aromatic rings. The Kier molecular flexibility index (Phi) is 7.11. The lowest BCUT2D eigenvalue weighted by molar-refractivity contribution is -0.277. The van der Waals surface area contributed by atoms with Crippen molar-refractivity contribution in [3.63, 3.8) is 0 Å². The summed E-state index contributed by atoms with van der Waals surface area (Å²) in [5, 5.41) is 29.1. The minimum Gasteiger partial charge on any atom is -0.393 e. The minimum absolute atomic E-state index is 0.0373. The van der Waals surface area contributed by atoms with E-state index in [0.717, 1.165) is 42.8 Å². The van der Waals surface area contributed by atoms with E-state index in [4.69, 9.17) is 5.11 Å². The van der Waals surface area contributed by atoms with E-state index in [1.165, 1.54) is 6.92 Å². The van der Waals surface area contributed by atoms with Crippen LogP contribution in [0.4, 0.5) is 24.8 Å². The third-order valence-electron chi connectivity index (χ3n) is 6.32. The predicted octanol–water partition coefficient (Wildman–Crippen LogP) is 2.14. The summed E-state index contributed by atoms with van der Waals surface area (Å²) in [6, 6.07) is 7.65. The van der Waals surface area contributed by atoms with Crippen molar-refractivity contribution in [3.05, 3.63) is 53.2 Å². The smallest absolute Gasteiger partial charge is 0.393 e. The minimum atomic E-state index is -5.10. The van der Waals surface area contributed by atoms with E-state index >= 15 is 0 Å². The van der Waals surface area contributed by atoms with Gasteiger partial charge in [0, 0.05) is 43.8 Å². The van der Waals surface area contributed by atoms with Gasteiger partial charge in [0.15, 0.2) is 5.65 Å². The maximum absolute atomic E-state index is 13.2. The highest BCUT2D eigenvalue weighted by Gasteiger charge is 2.54. The van der Waals surface area contributed by atoms with Gasteiger partial charge in [0.25, 0.3) is 5.91 Å². The van der Waals surface area contributed by atoms with Crippen LogP contribution in [-0.2, 0) is 10.4 Å². The van der Waals surface area contributed by atoms with Crippen LogP contribution in [0, 0.1) is 6.92 Å². The van der Waals surface area contributed by atoms with E-state index in [0.29, 0.717) is 24.6 Å². The number of aliphatic hydroxyl groups excluding tert-OH is 1. The topological polar surface area (TPSA) is 132 Å². The molecule has 1 saturated heterocycles. The molecule has 0 spiro atoms. The number of benzene rings is 1. The lowest BCUT2D eigenvalue weighted by Crippen LogP contribution is -2.45. The zero-order valence-corrected chi connectivity index (χ0v) is 20.2. The molecule has 198 valence electrons. The molecule has 0 bridgehead atoms. The number of aliphatic hydroxyl groups is 2. The van der Waals surface area contributed by atoms with E-state index in [1.807, 2.05) is 6.92 Å². The van der Waals surface area contributed by atoms with Gasteiger partial charge in [-0.25, -0.2) is 4.98 Å². The van der Waals surface area contributed by atoms with Crippen LogP contribution < -0.4 is 15.5 Å². The van der Waals surface area contributed by atoms with Crippen molar-refractivity contribution in [1.82, 2.24) is 19.9 Å². The molecule has 2 aromatic heterocycles. The summed E-state index contributed by atoms with van der Waals surface area (Å²) in [7, 11) is 0. The number of fused-ring (bicyclic) bond motifs is 1. The summed E-state index contributed by atoms with van der Waals surface area (Å²) in [6.07, 6.45) is -3.63. The van der Waals surface area contributed by atoms with Crippen LogP contribution in [0.15, 0.2) is 36.4 Å². The standard InChI is InChI=1S/C24H27F3N6O4/c1-14-11-20-29-19(12-21(33(20)31-14)32-9-7-18(8-10-32)28-15(2)35)30-22(36)16-3-5-17(6-4-16)23(37,13-34)24(25,26)27/h3-6,11-12,18,34,37H,7-10,13H2,1-2H3,(H,28,35)(H,29,30,36)/t23-/m1/s1. The van der Waals surface area contributed by atoms with Crippen molar-refractivity contribution < 1.29 is 33.0 Å². The number of nitrogens with one attached hydrogen (secondary N) is 2. The largest absolute Gasteiger partial charge is 0.423 e. The number of aryl methyl sites for hydroxylation is 1. The molecule has 0 aliphatic carbocycles. The lowest BCUT2D eigenvalue weighted by atomic mass is 9.93. The zero-order valence-electron chi connectivity index (χ0n) is 20.2. The fourth-order valence-electron chi connectivity index (χ4n) is 4.33. The van der Waals surface area contributed by atoms with E-state index in [1.54, 1.807) is 16.6 Å². The van der Waals surface area contributed by atoms with Crippen LogP contribution in [0.5, 0.6) is 0 Å². The van der Waals surface area contributed by atoms with Crippen LogP contribution in [0.1, 0.15) is 41.4 Å². The van der Waals surface area contributed by atoms with E-state index in [2.05, 4.69) is 25.6 Å². The number of amides is 2. The number of hydrogen-bond donors (Lipinski definition) is 4. The second-order valence-corrected chi connectivity index (χ2v) is 9.06. The number of carbonyl (C=O) groups excluding carboxylic acids is 2. The molecule has 0 unspecified atom stereocenters. The Labute approximate surface area is 210 Å². The Balaban J connectivity index is 1.56. The van der Waals surface area contributed by atoms with Crippen LogP contribution in [0.3, 0.4) is 0 Å². The highest BCUT2D eigenvalue weighted by molar-refractivity contribution is 6.04. The molecule has 0 saturated carbocycles. The second-order valence-electron chi connectivity index (χ2n) is 9.06. The van der Waals surface area contributed by atoms with E-state index in [9.17, 15) is 27.9 Å². The van der Waals surface area contributed by atoms with Crippen molar-refractivity contribution in [3.8, 4) is 0 Å². The van der Waals surface area contributed by atoms with Crippen LogP contribution in [0.2, 0.25) is 0 Å². The molecular formula is C24H27F3N6O4. The Hall–Kier alpha value is -3.71. The first kappa shape index (κ1) is 26.4. The average molecular weight is 521 g/mol. The van der Waals surface area contributed by atoms with Gasteiger partial charge in [-0.15, -0.1) is 0 Å². The van der Waals surface area contributed by atoms with Crippen molar-refractivity contribution in [2.45, 2.75) is 44.5 Å². The molecule has 1 aliphatic rings. The molecule has 1 aromatic carbocycles. The summed E-state index contributed by atoms with van der Waals surface area (Å²) < 4.78 is 41.3. The number of hydrogen-bond acceptors (Lipinski definition) is 7. The van der Waals surface area contributed by atoms with Crippen molar-refractivity contribution in [2.75, 3.05) is 29.9 Å². The number of alkyl halides is 3. The molecule has 37 heavy (non-hydrogen) atoms. The van der Waals surface area contributed by atoms with E-state index < -0.39 is 29.9 Å². The molecule has 1 aliphatic heterocycles. The molecule has 13 heteroatoms. The molecule has 4 rings (SSSR count). The highest BCUT2D eigenvalue weighted by Crippen LogP contribution is 2.38. The molecule has 3 heterocycles. The van der Waals surface area contributed by atoms with Gasteiger partial charge in [-0.2, -0.15) is 22.8 Å². The van der Waals surface area contributed by atoms with Gasteiger partial charge in [0.1, 0.15) is 11.6 Å². The average Bonchev–Trinajstić information content (AvgIpc) is 3.22. The van der Waals surface area contributed by atoms with Crippen molar-refractivity contribution >= 4 is 29.1 Å². The number of halogens is 3. The summed E-state index contributed by atoms with van der Waals surface area (Å²) in [5.74, 6) is 0.227. The lowest BCUT2D eigenvalue weighted by Gasteiger charge is -2.33. The molecule has 4 N–H and O–H groups in total. The number of nitrogens with zero attached hydrogens (tertiary/aromatic N) is 4. The summed E-state index contributed by atoms with van der Waals surface area (Å²) >= 11 is 0. The third-order valence-corrected chi connectivity index (χ3v) is 6.32. The van der Waals surface area contributed by atoms with Gasteiger partial charge >= 0.3 is 6.18 Å². The first-order valence-corrected chi connectivity index (χ1v) is 11.6. The van der Waals surface area contributed by atoms with Crippen LogP contribution in [-0.4, -0.2) is 68.5 Å². The Morgan fingerprint density at radius 3 is 2.35 bits per heavy atom. The Bertz CT molecular complexity index is 1300. The fraction of sp³-hybridized carbons (Fsp3) is 0.417. The molecule has 10 nitrogen and oxygen atoms in total. The maximum Gasteiger partial charge on any atom is 0.423 e. The van der Waals surface area contributed by atoms with Crippen molar-refractivity contribution in [1.29, 1.82) is 0 Å². The monoisotopic (exact) mass is 520 g/mol. The third kappa shape index (κ3) is 5.37. The Morgan fingerprint density at radius 1 is 1.14 bits per heavy atom. The molecule has 0 radical (unpaired) electrons. The summed E-state index contributed by atoms with van der Waals surface area (Å²) in [4.78, 5) is 30.7. The van der Waals surface area contributed by atoms with E-state index in [-0.39, 0.29) is 23.3 Å². The van der Waals surface area contributed by atoms with Crippen molar-refractivity contribution in [2.24, 2.45) is 0 Å². The number of anilines is 2. The number of piperidine rings is 1. The normalized spacial score (nSPS) is 16.5. The SMILES string of the molecule is CC(=O)NC1CCN(c2cc(NC(=O)c3ccc([C@](O)(CO)C(F)(F)F)cc3)nc3cc(C)nn23)CC1. The number of rotatable bonds is 6. The van der Waals surface area contributed by atoms with Gasteiger partial charge in [0.2, 0.25) is 11.5 Å². The quantitative estimate of drug-likeness (QED) is 0.392. The van der Waals surface area contributed by atoms with Gasteiger partial charge in [-0.05, 0) is 37.5 Å². The first-order valence-electron chi connectivity index (χ1n) is 11.6. The molecular weight excluding hydrogens is 493 g/mol. The maximum atomic E-state index is 13.2. The number of aromatic nitrogens is 3. The van der Waals surface area contributed by atoms with Gasteiger partial charge in [0.05, 0.1) is 12.3 Å². The number of carbonyl (C=O) groups is 2. The molecule has 2 amide bonds. The summed E-state index contributed by atoms with van der Waals surface area (Å²) in [6.45, 7) is 3.03. The van der Waals surface area contributed by atoms with Crippen LogP contribution >= 0.6 is 0 Å². The Morgan fingerprint density at radius 2 is 1.78 bits per heavy atom. The zero-order chi connectivity index (χ0) is 27.0. The highest BCUT2D eigenvalue weighted by atomic mass is 19.4. The summed E-state index contributed by atoms with van der Waals surface area (Å²) in [5.41, 5.74) is -2.75.